The van der Waals surface area contributed by atoms with Crippen molar-refractivity contribution in [3.05, 3.63) is 23.3 Å². The molecule has 4 nitrogen and oxygen atoms in total. The van der Waals surface area contributed by atoms with Crippen molar-refractivity contribution in [3.63, 3.8) is 0 Å². The van der Waals surface area contributed by atoms with E-state index in [0.717, 1.165) is 18.4 Å². The second-order valence-corrected chi connectivity index (χ2v) is 9.69. The maximum Gasteiger partial charge on any atom is 0.178 e. The van der Waals surface area contributed by atoms with Gasteiger partial charge in [0.1, 0.15) is 5.75 Å². The summed E-state index contributed by atoms with van der Waals surface area (Å²) in [6.07, 6.45) is 6.13. The zero-order valence-electron chi connectivity index (χ0n) is 15.9. The van der Waals surface area contributed by atoms with Gasteiger partial charge >= 0.3 is 0 Å². The van der Waals surface area contributed by atoms with Crippen LogP contribution in [0.2, 0.25) is 0 Å². The molecular weight excluding hydrogens is 336 g/mol. The van der Waals surface area contributed by atoms with E-state index in [1.807, 2.05) is 13.8 Å². The number of rotatable bonds is 8. The number of hydrogen-bond donors (Lipinski definition) is 0. The Morgan fingerprint density at radius 2 is 1.84 bits per heavy atom. The van der Waals surface area contributed by atoms with Crippen LogP contribution in [0, 0.1) is 0 Å². The van der Waals surface area contributed by atoms with Crippen LogP contribution in [0.1, 0.15) is 82.1 Å². The molecule has 0 bridgehead atoms. The molecular formula is C20H30O4S. The Labute approximate surface area is 151 Å². The topological polar surface area (TPSA) is 60.4 Å². The third-order valence-electron chi connectivity index (χ3n) is 5.03. The number of Topliss-reactive ketones (excluding diaryl/α,β-unsaturated/α-hetero) is 1. The monoisotopic (exact) mass is 366 g/mol. The van der Waals surface area contributed by atoms with Crippen molar-refractivity contribution in [2.24, 2.45) is 0 Å². The Morgan fingerprint density at radius 3 is 2.48 bits per heavy atom. The number of unbranched alkanes of at least 4 members (excludes halogenated alkanes) is 4. The summed E-state index contributed by atoms with van der Waals surface area (Å²) < 4.78 is 30.8. The van der Waals surface area contributed by atoms with Crippen LogP contribution in [0.25, 0.3) is 0 Å². The lowest BCUT2D eigenvalue weighted by atomic mass is 9.80. The third-order valence-corrected chi connectivity index (χ3v) is 6.78. The molecule has 0 atom stereocenters. The molecule has 0 unspecified atom stereocenters. The zero-order chi connectivity index (χ0) is 18.7. The minimum absolute atomic E-state index is 0.0949. The lowest BCUT2D eigenvalue weighted by molar-refractivity contribution is 0.101. The quantitative estimate of drug-likeness (QED) is 0.494. The van der Waals surface area contributed by atoms with E-state index >= 15 is 0 Å². The highest BCUT2D eigenvalue weighted by molar-refractivity contribution is 7.91. The number of ether oxygens (including phenoxy) is 1. The van der Waals surface area contributed by atoms with Crippen LogP contribution in [0.3, 0.4) is 0 Å². The maximum absolute atomic E-state index is 12.5. The summed E-state index contributed by atoms with van der Waals surface area (Å²) in [5.41, 5.74) is 0.959. The number of fused-ring (bicyclic) bond motifs is 1. The molecule has 0 spiro atoms. The van der Waals surface area contributed by atoms with E-state index < -0.39 is 9.84 Å². The van der Waals surface area contributed by atoms with E-state index in [1.165, 1.54) is 26.2 Å². The largest absolute Gasteiger partial charge is 0.493 e. The highest BCUT2D eigenvalue weighted by Gasteiger charge is 2.37. The Kier molecular flexibility index (Phi) is 6.30. The van der Waals surface area contributed by atoms with Gasteiger partial charge in [-0.25, -0.2) is 8.42 Å². The fraction of sp³-hybridized carbons (Fsp3) is 0.650. The third kappa shape index (κ3) is 4.63. The number of hydrogen-bond acceptors (Lipinski definition) is 4. The van der Waals surface area contributed by atoms with E-state index in [0.29, 0.717) is 29.2 Å². The summed E-state index contributed by atoms with van der Waals surface area (Å²) in [6.45, 7) is 8.23. The van der Waals surface area contributed by atoms with E-state index in [1.54, 1.807) is 12.1 Å². The molecule has 25 heavy (non-hydrogen) atoms. The van der Waals surface area contributed by atoms with Gasteiger partial charge in [-0.2, -0.15) is 0 Å². The van der Waals surface area contributed by atoms with Crippen LogP contribution < -0.4 is 4.74 Å². The molecule has 1 aliphatic rings. The van der Waals surface area contributed by atoms with Crippen molar-refractivity contribution in [1.29, 1.82) is 0 Å². The first-order chi connectivity index (χ1) is 11.7. The Bertz CT molecular complexity index is 732. The summed E-state index contributed by atoms with van der Waals surface area (Å²) in [7, 11) is -3.31. The highest BCUT2D eigenvalue weighted by Crippen LogP contribution is 2.41. The van der Waals surface area contributed by atoms with Crippen LogP contribution in [-0.2, 0) is 15.3 Å². The van der Waals surface area contributed by atoms with Gasteiger partial charge in [0.15, 0.2) is 15.6 Å². The lowest BCUT2D eigenvalue weighted by Crippen LogP contribution is -2.30. The van der Waals surface area contributed by atoms with Crippen molar-refractivity contribution in [2.75, 3.05) is 12.4 Å². The van der Waals surface area contributed by atoms with Crippen LogP contribution in [0.5, 0.6) is 5.75 Å². The molecule has 0 saturated carbocycles. The molecule has 0 N–H and O–H groups in total. The van der Waals surface area contributed by atoms with Crippen LogP contribution in [0.15, 0.2) is 17.0 Å². The van der Waals surface area contributed by atoms with Gasteiger partial charge < -0.3 is 4.74 Å². The van der Waals surface area contributed by atoms with E-state index in [-0.39, 0.29) is 17.0 Å². The Morgan fingerprint density at radius 1 is 1.16 bits per heavy atom. The van der Waals surface area contributed by atoms with E-state index in [9.17, 15) is 13.2 Å². The van der Waals surface area contributed by atoms with Gasteiger partial charge in [-0.1, -0.05) is 46.5 Å². The molecule has 0 saturated heterocycles. The summed E-state index contributed by atoms with van der Waals surface area (Å²) in [4.78, 5) is 12.4. The standard InChI is InChI=1S/C20H30O4S/c1-5-6-7-8-9-11-24-18-14-19-17(13-16(18)15(2)21)20(3,4)10-12-25(19,22)23/h13-14H,5-12H2,1-4H3. The number of carbonyl (C=O) groups is 1. The smallest absolute Gasteiger partial charge is 0.178 e. The van der Waals surface area contributed by atoms with Crippen molar-refractivity contribution in [2.45, 2.75) is 76.5 Å². The molecule has 0 amide bonds. The molecule has 0 fully saturated rings. The van der Waals surface area contributed by atoms with Crippen LogP contribution >= 0.6 is 0 Å². The van der Waals surface area contributed by atoms with Gasteiger partial charge in [-0.05, 0) is 42.9 Å². The van der Waals surface area contributed by atoms with Crippen LogP contribution in [0.4, 0.5) is 0 Å². The van der Waals surface area contributed by atoms with Crippen molar-refractivity contribution >= 4 is 15.6 Å². The molecule has 140 valence electrons. The molecule has 5 heteroatoms. The molecule has 1 aliphatic heterocycles. The minimum Gasteiger partial charge on any atom is -0.493 e. The molecule has 1 heterocycles. The fourth-order valence-corrected chi connectivity index (χ4v) is 5.22. The normalized spacial score (nSPS) is 17.8. The van der Waals surface area contributed by atoms with Crippen molar-refractivity contribution in [3.8, 4) is 5.75 Å². The average molecular weight is 367 g/mol. The second-order valence-electron chi connectivity index (χ2n) is 7.62. The van der Waals surface area contributed by atoms with Gasteiger partial charge in [0.05, 0.1) is 22.8 Å². The maximum atomic E-state index is 12.5. The molecule has 0 radical (unpaired) electrons. The number of sulfone groups is 1. The van der Waals surface area contributed by atoms with Gasteiger partial charge in [0.2, 0.25) is 0 Å². The predicted molar refractivity (Wildman–Crippen MR) is 100 cm³/mol. The average Bonchev–Trinajstić information content (AvgIpc) is 2.54. The van der Waals surface area contributed by atoms with Gasteiger partial charge in [-0.3, -0.25) is 4.79 Å². The molecule has 2 rings (SSSR count). The minimum atomic E-state index is -3.31. The van der Waals surface area contributed by atoms with Gasteiger partial charge in [0.25, 0.3) is 0 Å². The SMILES string of the molecule is CCCCCCCOc1cc2c(cc1C(C)=O)C(C)(C)CCS2(=O)=O. The zero-order valence-corrected chi connectivity index (χ0v) is 16.7. The Balaban J connectivity index is 2.29. The first-order valence-corrected chi connectivity index (χ1v) is 10.9. The van der Waals surface area contributed by atoms with Crippen LogP contribution in [-0.4, -0.2) is 26.6 Å². The van der Waals surface area contributed by atoms with Crippen molar-refractivity contribution < 1.29 is 17.9 Å². The molecule has 0 aliphatic carbocycles. The summed E-state index contributed by atoms with van der Waals surface area (Å²) in [5.74, 6) is 0.452. The van der Waals surface area contributed by atoms with Gasteiger partial charge in [-0.15, -0.1) is 0 Å². The molecule has 0 aromatic heterocycles. The van der Waals surface area contributed by atoms with Crippen molar-refractivity contribution in [1.82, 2.24) is 0 Å². The summed E-state index contributed by atoms with van der Waals surface area (Å²) in [6, 6.07) is 3.31. The number of ketones is 1. The second kappa shape index (κ2) is 7.90. The van der Waals surface area contributed by atoms with E-state index in [4.69, 9.17) is 4.74 Å². The summed E-state index contributed by atoms with van der Waals surface area (Å²) in [5, 5.41) is 0. The fourth-order valence-electron chi connectivity index (χ4n) is 3.26. The van der Waals surface area contributed by atoms with E-state index in [2.05, 4.69) is 6.92 Å². The molecule has 1 aromatic carbocycles. The summed E-state index contributed by atoms with van der Waals surface area (Å²) >= 11 is 0. The Hall–Kier alpha value is -1.36. The number of carbonyl (C=O) groups excluding carboxylic acids is 1. The number of benzene rings is 1. The lowest BCUT2D eigenvalue weighted by Gasteiger charge is -2.33. The first kappa shape index (κ1) is 20.0. The highest BCUT2D eigenvalue weighted by atomic mass is 32.2. The van der Waals surface area contributed by atoms with Gasteiger partial charge in [0, 0.05) is 0 Å². The molecule has 1 aromatic rings. The predicted octanol–water partition coefficient (Wildman–Crippen LogP) is 4.69. The first-order valence-electron chi connectivity index (χ1n) is 9.24.